The van der Waals surface area contributed by atoms with Gasteiger partial charge in [0.1, 0.15) is 5.57 Å². The van der Waals surface area contributed by atoms with Crippen molar-refractivity contribution < 1.29 is 24.2 Å². The first kappa shape index (κ1) is 21.7. The Morgan fingerprint density at radius 2 is 1.85 bits per heavy atom. The van der Waals surface area contributed by atoms with Crippen LogP contribution in [0.3, 0.4) is 0 Å². The second kappa shape index (κ2) is 8.88. The van der Waals surface area contributed by atoms with Crippen molar-refractivity contribution >= 4 is 17.8 Å². The van der Waals surface area contributed by atoms with E-state index in [0.717, 1.165) is 6.42 Å². The first-order chi connectivity index (χ1) is 12.0. The lowest BCUT2D eigenvalue weighted by atomic mass is 9.85. The topological polar surface area (TPSA) is 72.8 Å². The Labute approximate surface area is 156 Å². The van der Waals surface area contributed by atoms with Crippen LogP contribution < -0.4 is 4.74 Å². The summed E-state index contributed by atoms with van der Waals surface area (Å²) in [6.07, 6.45) is 2.22. The summed E-state index contributed by atoms with van der Waals surface area (Å²) in [7, 11) is 1.46. The highest BCUT2D eigenvalue weighted by Crippen LogP contribution is 2.39. The van der Waals surface area contributed by atoms with Gasteiger partial charge in [0, 0.05) is 5.56 Å². The van der Waals surface area contributed by atoms with Gasteiger partial charge in [-0.1, -0.05) is 34.6 Å². The Balaban J connectivity index is 3.28. The minimum absolute atomic E-state index is 0.0265. The van der Waals surface area contributed by atoms with Crippen LogP contribution in [-0.2, 0) is 19.7 Å². The fourth-order valence-electron chi connectivity index (χ4n) is 2.38. The van der Waals surface area contributed by atoms with Crippen LogP contribution >= 0.6 is 0 Å². The Morgan fingerprint density at radius 1 is 1.23 bits per heavy atom. The number of methoxy groups -OCH3 is 1. The molecule has 144 valence electrons. The van der Waals surface area contributed by atoms with Gasteiger partial charge in [-0.15, -0.1) is 0 Å². The highest BCUT2D eigenvalue weighted by Gasteiger charge is 2.23. The number of hydrogen-bond acceptors (Lipinski definition) is 5. The van der Waals surface area contributed by atoms with Crippen molar-refractivity contribution in [3.8, 4) is 11.5 Å². The van der Waals surface area contributed by atoms with Crippen LogP contribution in [0.1, 0.15) is 59.1 Å². The third-order valence-electron chi connectivity index (χ3n) is 3.96. The predicted molar refractivity (Wildman–Crippen MR) is 102 cm³/mol. The van der Waals surface area contributed by atoms with Crippen LogP contribution in [0.4, 0.5) is 0 Å². The Bertz CT molecular complexity index is 693. The van der Waals surface area contributed by atoms with Crippen molar-refractivity contribution in [3.05, 3.63) is 28.8 Å². The summed E-state index contributed by atoms with van der Waals surface area (Å²) >= 11 is 0. The molecule has 0 saturated heterocycles. The highest BCUT2D eigenvalue weighted by molar-refractivity contribution is 6.19. The molecule has 1 N–H and O–H groups in total. The number of aromatic hydroxyl groups is 1. The maximum Gasteiger partial charge on any atom is 0.341 e. The number of ketones is 1. The minimum Gasteiger partial charge on any atom is -0.504 e. The Hall–Kier alpha value is -2.30. The van der Waals surface area contributed by atoms with Gasteiger partial charge in [-0.25, -0.2) is 4.79 Å². The molecule has 5 nitrogen and oxygen atoms in total. The molecule has 0 aliphatic heterocycles. The molecular weight excluding hydrogens is 332 g/mol. The summed E-state index contributed by atoms with van der Waals surface area (Å²) in [6.45, 7) is 11.5. The van der Waals surface area contributed by atoms with E-state index in [1.54, 1.807) is 12.1 Å². The third-order valence-corrected chi connectivity index (χ3v) is 3.96. The van der Waals surface area contributed by atoms with E-state index < -0.39 is 5.97 Å². The van der Waals surface area contributed by atoms with Gasteiger partial charge in [-0.3, -0.25) is 4.79 Å². The molecule has 0 amide bonds. The number of esters is 1. The predicted octanol–water partition coefficient (Wildman–Crippen LogP) is 4.26. The first-order valence-electron chi connectivity index (χ1n) is 8.78. The maximum absolute atomic E-state index is 12.3. The molecule has 0 spiro atoms. The van der Waals surface area contributed by atoms with E-state index in [4.69, 9.17) is 9.47 Å². The van der Waals surface area contributed by atoms with E-state index in [-0.39, 0.29) is 29.1 Å². The average molecular weight is 362 g/mol. The number of hydrogen-bond donors (Lipinski definition) is 1. The second-order valence-corrected chi connectivity index (χ2v) is 7.80. The summed E-state index contributed by atoms with van der Waals surface area (Å²) < 4.78 is 10.5. The normalized spacial score (nSPS) is 12.2. The van der Waals surface area contributed by atoms with Crippen molar-refractivity contribution in [1.82, 2.24) is 0 Å². The summed E-state index contributed by atoms with van der Waals surface area (Å²) in [4.78, 5) is 24.2. The molecule has 1 rings (SSSR count). The van der Waals surface area contributed by atoms with Crippen molar-refractivity contribution in [2.24, 2.45) is 5.92 Å². The molecule has 5 heteroatoms. The number of benzene rings is 1. The van der Waals surface area contributed by atoms with Crippen LogP contribution in [0, 0.1) is 5.92 Å². The fraction of sp³-hybridized carbons (Fsp3) is 0.524. The number of phenolic OH excluding ortho intramolecular Hbond substituents is 1. The van der Waals surface area contributed by atoms with Crippen molar-refractivity contribution in [2.75, 3.05) is 13.7 Å². The largest absolute Gasteiger partial charge is 0.504 e. The molecule has 0 aliphatic carbocycles. The second-order valence-electron chi connectivity index (χ2n) is 7.80. The van der Waals surface area contributed by atoms with Crippen LogP contribution in [0.2, 0.25) is 0 Å². The van der Waals surface area contributed by atoms with E-state index in [9.17, 15) is 14.7 Å². The fourth-order valence-corrected chi connectivity index (χ4v) is 2.38. The number of ether oxygens (including phenoxy) is 2. The molecule has 0 unspecified atom stereocenters. The van der Waals surface area contributed by atoms with Gasteiger partial charge < -0.3 is 14.6 Å². The Kier molecular flexibility index (Phi) is 7.42. The van der Waals surface area contributed by atoms with E-state index >= 15 is 0 Å². The summed E-state index contributed by atoms with van der Waals surface area (Å²) in [6, 6.07) is 3.34. The smallest absolute Gasteiger partial charge is 0.341 e. The molecule has 0 radical (unpaired) electrons. The maximum atomic E-state index is 12.3. The summed E-state index contributed by atoms with van der Waals surface area (Å²) in [5.41, 5.74) is 0.895. The van der Waals surface area contributed by atoms with Gasteiger partial charge in [0.25, 0.3) is 0 Å². The zero-order chi connectivity index (χ0) is 20.1. The molecule has 0 aromatic heterocycles. The number of phenols is 1. The highest BCUT2D eigenvalue weighted by atomic mass is 16.5. The number of carbonyl (C=O) groups excluding carboxylic acids is 2. The summed E-state index contributed by atoms with van der Waals surface area (Å²) in [5, 5.41) is 10.4. The van der Waals surface area contributed by atoms with Crippen molar-refractivity contribution in [3.63, 3.8) is 0 Å². The van der Waals surface area contributed by atoms with Gasteiger partial charge in [0.05, 0.1) is 13.7 Å². The molecule has 0 aliphatic rings. The van der Waals surface area contributed by atoms with Gasteiger partial charge in [-0.05, 0) is 48.4 Å². The first-order valence-corrected chi connectivity index (χ1v) is 8.78. The standard InChI is InChI=1S/C21H30O5/c1-13(2)8-9-26-20(24)16(14(3)22)10-15-11-17(21(4,5)6)19(23)18(12-15)25-7/h10-13,23H,8-9H2,1-7H3/b16-10-. The van der Waals surface area contributed by atoms with Crippen molar-refractivity contribution in [2.45, 2.75) is 53.4 Å². The van der Waals surface area contributed by atoms with Crippen molar-refractivity contribution in [1.29, 1.82) is 0 Å². The third kappa shape index (κ3) is 5.90. The molecule has 0 saturated carbocycles. The van der Waals surface area contributed by atoms with E-state index in [1.807, 2.05) is 34.6 Å². The molecule has 0 fully saturated rings. The number of Topliss-reactive ketones (excluding diaryl/α,β-unsaturated/α-hetero) is 1. The van der Waals surface area contributed by atoms with Crippen LogP contribution in [0.5, 0.6) is 11.5 Å². The molecule has 26 heavy (non-hydrogen) atoms. The minimum atomic E-state index is -0.637. The number of carbonyl (C=O) groups is 2. The molecule has 1 aromatic carbocycles. The lowest BCUT2D eigenvalue weighted by Crippen LogP contribution is -2.15. The van der Waals surface area contributed by atoms with Gasteiger partial charge >= 0.3 is 5.97 Å². The van der Waals surface area contributed by atoms with E-state index in [1.165, 1.54) is 20.1 Å². The van der Waals surface area contributed by atoms with E-state index in [0.29, 0.717) is 22.8 Å². The van der Waals surface area contributed by atoms with Gasteiger partial charge in [0.15, 0.2) is 17.3 Å². The van der Waals surface area contributed by atoms with Gasteiger partial charge in [-0.2, -0.15) is 0 Å². The lowest BCUT2D eigenvalue weighted by molar-refractivity contribution is -0.140. The summed E-state index contributed by atoms with van der Waals surface area (Å²) in [5.74, 6) is -0.254. The molecular formula is C21H30O5. The lowest BCUT2D eigenvalue weighted by Gasteiger charge is -2.22. The SMILES string of the molecule is COc1cc(/C=C(/C(C)=O)C(=O)OCCC(C)C)cc(C(C)(C)C)c1O. The molecule has 1 aromatic rings. The van der Waals surface area contributed by atoms with Crippen LogP contribution in [0.15, 0.2) is 17.7 Å². The molecule has 0 heterocycles. The quantitative estimate of drug-likeness (QED) is 0.339. The zero-order valence-corrected chi connectivity index (χ0v) is 16.8. The van der Waals surface area contributed by atoms with E-state index in [2.05, 4.69) is 0 Å². The number of rotatable bonds is 7. The Morgan fingerprint density at radius 3 is 2.31 bits per heavy atom. The molecule has 0 bridgehead atoms. The van der Waals surface area contributed by atoms with Gasteiger partial charge in [0.2, 0.25) is 0 Å². The van der Waals surface area contributed by atoms with Crippen LogP contribution in [0.25, 0.3) is 6.08 Å². The molecule has 0 atom stereocenters. The monoisotopic (exact) mass is 362 g/mol. The van der Waals surface area contributed by atoms with Crippen LogP contribution in [-0.4, -0.2) is 30.6 Å². The average Bonchev–Trinajstić information content (AvgIpc) is 2.51. The zero-order valence-electron chi connectivity index (χ0n) is 16.8.